The Morgan fingerprint density at radius 2 is 1.02 bits per heavy atom. The lowest BCUT2D eigenvalue weighted by atomic mass is 10.1. The Kier molecular flexibility index (Phi) is 34.7. The average Bonchev–Trinajstić information content (AvgIpc) is 3.03. The highest BCUT2D eigenvalue weighted by molar-refractivity contribution is 5.71. The van der Waals surface area contributed by atoms with Gasteiger partial charge in [0.1, 0.15) is 6.10 Å². The van der Waals surface area contributed by atoms with E-state index < -0.39 is 6.10 Å². The summed E-state index contributed by atoms with van der Waals surface area (Å²) >= 11 is 0. The molecule has 0 aromatic rings. The van der Waals surface area contributed by atoms with Crippen LogP contribution in [-0.4, -0.2) is 37.0 Å². The summed E-state index contributed by atoms with van der Waals surface area (Å²) < 4.78 is 11.0. The molecule has 0 rings (SSSR count). The van der Waals surface area contributed by atoms with Gasteiger partial charge in [-0.25, -0.2) is 0 Å². The number of esters is 1. The van der Waals surface area contributed by atoms with Gasteiger partial charge >= 0.3 is 5.97 Å². The minimum atomic E-state index is -0.598. The van der Waals surface area contributed by atoms with Gasteiger partial charge in [0, 0.05) is 6.61 Å². The third kappa shape index (κ3) is 34.1. The van der Waals surface area contributed by atoms with Crippen LogP contribution < -0.4 is 0 Å². The fraction of sp³-hybridized carbons (Fsp3) is 0.625. The standard InChI is InChI=1S/C40H66O4/c1-3-5-7-9-11-13-15-17-19-20-22-24-26-28-30-32-34-36-43-38-39(37-41)44-40(42)35-33-31-29-27-25-23-21-18-16-14-12-10-8-6-4-2/h6,8,12-15,18-21,25,27,31,33,39,41H,3-5,7,9-11,16-17,22-24,26,28-30,32,34-38H2,1-2H3/b8-6-,14-12-,15-13-,20-19-,21-18-,27-25-,33-31-. The van der Waals surface area contributed by atoms with Crippen molar-refractivity contribution < 1.29 is 19.4 Å². The number of rotatable bonds is 31. The highest BCUT2D eigenvalue weighted by atomic mass is 16.6. The van der Waals surface area contributed by atoms with Crippen LogP contribution in [0, 0.1) is 0 Å². The van der Waals surface area contributed by atoms with Gasteiger partial charge in [-0.1, -0.05) is 144 Å². The number of ether oxygens (including phenoxy) is 2. The number of hydrogen-bond donors (Lipinski definition) is 1. The summed E-state index contributed by atoms with van der Waals surface area (Å²) in [6.45, 7) is 5.06. The van der Waals surface area contributed by atoms with Crippen molar-refractivity contribution in [3.05, 3.63) is 85.1 Å². The quantitative estimate of drug-likeness (QED) is 0.0482. The number of carbonyl (C=O) groups is 1. The Bertz CT molecular complexity index is 815. The van der Waals surface area contributed by atoms with E-state index in [-0.39, 0.29) is 25.6 Å². The maximum Gasteiger partial charge on any atom is 0.310 e. The first-order valence-electron chi connectivity index (χ1n) is 17.7. The Labute approximate surface area is 271 Å². The molecule has 0 fully saturated rings. The molecule has 0 saturated carbocycles. The molecule has 0 bridgehead atoms. The predicted molar refractivity (Wildman–Crippen MR) is 191 cm³/mol. The van der Waals surface area contributed by atoms with Crippen molar-refractivity contribution in [1.29, 1.82) is 0 Å². The summed E-state index contributed by atoms with van der Waals surface area (Å²) in [5.41, 5.74) is 0. The molecular weight excluding hydrogens is 544 g/mol. The largest absolute Gasteiger partial charge is 0.457 e. The Morgan fingerprint density at radius 3 is 1.55 bits per heavy atom. The van der Waals surface area contributed by atoms with E-state index in [1.165, 1.54) is 64.2 Å². The summed E-state index contributed by atoms with van der Waals surface area (Å²) in [7, 11) is 0. The molecule has 0 saturated heterocycles. The number of unbranched alkanes of at least 4 members (excludes halogenated alkanes) is 10. The SMILES string of the molecule is CC/C=C\C/C=C\C/C=C\C/C=C\C/C=C\CC(=O)OC(CO)COCCCCCCCC/C=C\C/C=C\CCCCCC. The molecule has 4 heteroatoms. The Balaban J connectivity index is 3.64. The second kappa shape index (κ2) is 36.8. The van der Waals surface area contributed by atoms with Gasteiger partial charge in [-0.05, 0) is 70.6 Å². The second-order valence-electron chi connectivity index (χ2n) is 11.2. The van der Waals surface area contributed by atoms with E-state index in [0.29, 0.717) is 6.61 Å². The predicted octanol–water partition coefficient (Wildman–Crippen LogP) is 11.3. The van der Waals surface area contributed by atoms with Crippen LogP contribution >= 0.6 is 0 Å². The fourth-order valence-corrected chi connectivity index (χ4v) is 4.37. The first-order valence-corrected chi connectivity index (χ1v) is 17.7. The molecule has 0 spiro atoms. The number of aliphatic hydroxyl groups is 1. The highest BCUT2D eigenvalue weighted by Crippen LogP contribution is 2.09. The molecule has 44 heavy (non-hydrogen) atoms. The van der Waals surface area contributed by atoms with Gasteiger partial charge in [-0.2, -0.15) is 0 Å². The molecule has 0 amide bonds. The Morgan fingerprint density at radius 1 is 0.568 bits per heavy atom. The Hall–Kier alpha value is -2.43. The van der Waals surface area contributed by atoms with Crippen LogP contribution in [0.4, 0.5) is 0 Å². The maximum atomic E-state index is 12.1. The maximum absolute atomic E-state index is 12.1. The third-order valence-corrected chi connectivity index (χ3v) is 6.99. The van der Waals surface area contributed by atoms with Crippen LogP contribution in [0.25, 0.3) is 0 Å². The minimum Gasteiger partial charge on any atom is -0.457 e. The summed E-state index contributed by atoms with van der Waals surface area (Å²) in [5, 5.41) is 9.53. The van der Waals surface area contributed by atoms with Gasteiger partial charge in [0.05, 0.1) is 19.6 Å². The topological polar surface area (TPSA) is 55.8 Å². The summed E-state index contributed by atoms with van der Waals surface area (Å²) in [4.78, 5) is 12.1. The van der Waals surface area contributed by atoms with Crippen LogP contribution in [-0.2, 0) is 14.3 Å². The van der Waals surface area contributed by atoms with Crippen molar-refractivity contribution in [2.45, 2.75) is 142 Å². The number of aliphatic hydroxyl groups excluding tert-OH is 1. The smallest absolute Gasteiger partial charge is 0.310 e. The van der Waals surface area contributed by atoms with Crippen LogP contribution in [0.1, 0.15) is 136 Å². The lowest BCUT2D eigenvalue weighted by Gasteiger charge is -2.15. The summed E-state index contributed by atoms with van der Waals surface area (Å²) in [6, 6.07) is 0. The first kappa shape index (κ1) is 41.6. The normalized spacial score (nSPS) is 13.4. The molecule has 0 heterocycles. The van der Waals surface area contributed by atoms with Gasteiger partial charge in [-0.3, -0.25) is 4.79 Å². The summed E-state index contributed by atoms with van der Waals surface area (Å²) in [5.74, 6) is -0.335. The number of hydrogen-bond acceptors (Lipinski definition) is 4. The van der Waals surface area contributed by atoms with Crippen LogP contribution in [0.3, 0.4) is 0 Å². The molecule has 1 atom stereocenters. The molecule has 1 N–H and O–H groups in total. The van der Waals surface area contributed by atoms with Crippen LogP contribution in [0.15, 0.2) is 85.1 Å². The van der Waals surface area contributed by atoms with Gasteiger partial charge in [0.25, 0.3) is 0 Å². The van der Waals surface area contributed by atoms with Gasteiger partial charge in [-0.15, -0.1) is 0 Å². The zero-order chi connectivity index (χ0) is 32.0. The van der Waals surface area contributed by atoms with Crippen molar-refractivity contribution >= 4 is 5.97 Å². The van der Waals surface area contributed by atoms with Gasteiger partial charge in [0.2, 0.25) is 0 Å². The van der Waals surface area contributed by atoms with Crippen molar-refractivity contribution in [3.8, 4) is 0 Å². The molecule has 0 aliphatic carbocycles. The van der Waals surface area contributed by atoms with E-state index in [2.05, 4.69) is 86.8 Å². The zero-order valence-corrected chi connectivity index (χ0v) is 28.4. The van der Waals surface area contributed by atoms with E-state index >= 15 is 0 Å². The monoisotopic (exact) mass is 610 g/mol. The summed E-state index contributed by atoms with van der Waals surface area (Å²) in [6.07, 6.45) is 50.7. The average molecular weight is 611 g/mol. The molecule has 1 unspecified atom stereocenters. The molecule has 0 aliphatic rings. The molecule has 250 valence electrons. The molecular formula is C40H66O4. The minimum absolute atomic E-state index is 0.204. The van der Waals surface area contributed by atoms with Gasteiger partial charge in [0.15, 0.2) is 0 Å². The van der Waals surface area contributed by atoms with Crippen LogP contribution in [0.5, 0.6) is 0 Å². The van der Waals surface area contributed by atoms with E-state index in [4.69, 9.17) is 9.47 Å². The van der Waals surface area contributed by atoms with E-state index in [1.54, 1.807) is 0 Å². The first-order chi connectivity index (χ1) is 21.7. The van der Waals surface area contributed by atoms with Crippen molar-refractivity contribution in [2.75, 3.05) is 19.8 Å². The number of allylic oxidation sites excluding steroid dienone is 13. The van der Waals surface area contributed by atoms with E-state index in [0.717, 1.165) is 51.4 Å². The lowest BCUT2D eigenvalue weighted by Crippen LogP contribution is -2.27. The van der Waals surface area contributed by atoms with E-state index in [1.807, 2.05) is 12.2 Å². The lowest BCUT2D eigenvalue weighted by molar-refractivity contribution is -0.153. The zero-order valence-electron chi connectivity index (χ0n) is 28.4. The molecule has 0 aromatic heterocycles. The molecule has 0 radical (unpaired) electrons. The molecule has 0 aliphatic heterocycles. The second-order valence-corrected chi connectivity index (χ2v) is 11.2. The third-order valence-electron chi connectivity index (χ3n) is 6.99. The fourth-order valence-electron chi connectivity index (χ4n) is 4.37. The number of carbonyl (C=O) groups excluding carboxylic acids is 1. The van der Waals surface area contributed by atoms with Crippen molar-refractivity contribution in [1.82, 2.24) is 0 Å². The molecule has 0 aromatic carbocycles. The van der Waals surface area contributed by atoms with Crippen LogP contribution in [0.2, 0.25) is 0 Å². The van der Waals surface area contributed by atoms with Gasteiger partial charge < -0.3 is 14.6 Å². The highest BCUT2D eigenvalue weighted by Gasteiger charge is 2.12. The van der Waals surface area contributed by atoms with E-state index in [9.17, 15) is 9.90 Å². The van der Waals surface area contributed by atoms with Crippen molar-refractivity contribution in [2.24, 2.45) is 0 Å². The molecule has 4 nitrogen and oxygen atoms in total. The van der Waals surface area contributed by atoms with Crippen molar-refractivity contribution in [3.63, 3.8) is 0 Å².